The molecule has 0 saturated carbocycles. The van der Waals surface area contributed by atoms with Crippen LogP contribution >= 0.6 is 0 Å². The summed E-state index contributed by atoms with van der Waals surface area (Å²) in [4.78, 5) is 23.5. The molecule has 0 aromatic heterocycles. The van der Waals surface area contributed by atoms with Crippen molar-refractivity contribution in [1.29, 1.82) is 0 Å². The molecule has 2 N–H and O–H groups in total. The summed E-state index contributed by atoms with van der Waals surface area (Å²) in [6.45, 7) is 5.80. The third-order valence-electron chi connectivity index (χ3n) is 2.96. The smallest absolute Gasteiger partial charge is 0.408 e. The molecule has 0 spiro atoms. The number of alkyl carbamates (subject to hydrolysis) is 1. The first-order valence-corrected chi connectivity index (χ1v) is 9.07. The molecule has 1 aliphatic heterocycles. The molecule has 0 bridgehead atoms. The molecule has 2 amide bonds. The van der Waals surface area contributed by atoms with Crippen molar-refractivity contribution < 1.29 is 22.7 Å². The molecule has 0 aliphatic carbocycles. The van der Waals surface area contributed by atoms with Gasteiger partial charge in [-0.25, -0.2) is 13.2 Å². The minimum absolute atomic E-state index is 0.0799. The van der Waals surface area contributed by atoms with E-state index in [0.717, 1.165) is 11.7 Å². The molecule has 8 heteroatoms. The zero-order chi connectivity index (χ0) is 17.0. The first kappa shape index (κ1) is 18.5. The average Bonchev–Trinajstić information content (AvgIpc) is 2.68. The van der Waals surface area contributed by atoms with Crippen LogP contribution in [0.2, 0.25) is 0 Å². The fourth-order valence-electron chi connectivity index (χ4n) is 2.06. The van der Waals surface area contributed by atoms with Crippen LogP contribution in [-0.4, -0.2) is 44.9 Å². The third kappa shape index (κ3) is 7.44. The Morgan fingerprint density at radius 1 is 1.50 bits per heavy atom. The SMILES string of the molecule is CC(C)(C)OC(=O)N[C@H](/C=C/S(C)(=O)=O)CC1CCNC1=O. The van der Waals surface area contributed by atoms with E-state index in [1.807, 2.05) is 0 Å². The minimum Gasteiger partial charge on any atom is -0.444 e. The van der Waals surface area contributed by atoms with Gasteiger partial charge in [0.1, 0.15) is 5.60 Å². The van der Waals surface area contributed by atoms with Crippen LogP contribution in [0, 0.1) is 5.92 Å². The second kappa shape index (κ2) is 7.13. The highest BCUT2D eigenvalue weighted by Gasteiger charge is 2.28. The average molecular weight is 332 g/mol. The number of amides is 2. The lowest BCUT2D eigenvalue weighted by Gasteiger charge is -2.23. The van der Waals surface area contributed by atoms with Gasteiger partial charge in [0.2, 0.25) is 5.91 Å². The van der Waals surface area contributed by atoms with E-state index in [1.54, 1.807) is 20.8 Å². The molecule has 0 aromatic rings. The standard InChI is InChI=1S/C14H24N2O5S/c1-14(2,3)21-13(18)16-11(6-8-22(4,19)20)9-10-5-7-15-12(10)17/h6,8,10-11H,5,7,9H2,1-4H3,(H,15,17)(H,16,18)/b8-6+/t10?,11-/m1/s1. The third-order valence-corrected chi connectivity index (χ3v) is 3.61. The summed E-state index contributed by atoms with van der Waals surface area (Å²) < 4.78 is 27.6. The fraction of sp³-hybridized carbons (Fsp3) is 0.714. The van der Waals surface area contributed by atoms with Gasteiger partial charge < -0.3 is 15.4 Å². The van der Waals surface area contributed by atoms with Gasteiger partial charge in [0, 0.05) is 24.1 Å². The van der Waals surface area contributed by atoms with E-state index >= 15 is 0 Å². The molecule has 1 aliphatic rings. The number of sulfone groups is 1. The van der Waals surface area contributed by atoms with Gasteiger partial charge in [-0.05, 0) is 33.6 Å². The number of carbonyl (C=O) groups is 2. The maximum absolute atomic E-state index is 11.8. The van der Waals surface area contributed by atoms with Crippen molar-refractivity contribution in [2.75, 3.05) is 12.8 Å². The summed E-state index contributed by atoms with van der Waals surface area (Å²) in [5.41, 5.74) is -0.653. The number of hydrogen-bond acceptors (Lipinski definition) is 5. The predicted octanol–water partition coefficient (Wildman–Crippen LogP) is 0.964. The Labute approximate surface area is 131 Å². The molecule has 1 unspecified atom stereocenters. The Morgan fingerprint density at radius 3 is 2.59 bits per heavy atom. The van der Waals surface area contributed by atoms with Crippen molar-refractivity contribution in [2.45, 2.75) is 45.3 Å². The van der Waals surface area contributed by atoms with Gasteiger partial charge >= 0.3 is 6.09 Å². The van der Waals surface area contributed by atoms with Gasteiger partial charge in [0.05, 0.1) is 6.04 Å². The summed E-state index contributed by atoms with van der Waals surface area (Å²) in [5.74, 6) is -0.326. The van der Waals surface area contributed by atoms with Crippen LogP contribution in [0.15, 0.2) is 11.5 Å². The van der Waals surface area contributed by atoms with E-state index in [2.05, 4.69) is 10.6 Å². The van der Waals surface area contributed by atoms with Crippen molar-refractivity contribution in [3.63, 3.8) is 0 Å². The van der Waals surface area contributed by atoms with E-state index in [-0.39, 0.29) is 11.8 Å². The van der Waals surface area contributed by atoms with Gasteiger partial charge in [-0.1, -0.05) is 6.08 Å². The van der Waals surface area contributed by atoms with E-state index in [9.17, 15) is 18.0 Å². The number of carbonyl (C=O) groups excluding carboxylic acids is 2. The highest BCUT2D eigenvalue weighted by Crippen LogP contribution is 2.17. The highest BCUT2D eigenvalue weighted by atomic mass is 32.2. The van der Waals surface area contributed by atoms with Crippen LogP contribution in [0.1, 0.15) is 33.6 Å². The molecule has 1 saturated heterocycles. The van der Waals surface area contributed by atoms with Crippen molar-refractivity contribution in [3.05, 3.63) is 11.5 Å². The summed E-state index contributed by atoms with van der Waals surface area (Å²) in [6.07, 6.45) is 2.80. The number of ether oxygens (including phenoxy) is 1. The van der Waals surface area contributed by atoms with Gasteiger partial charge in [0.15, 0.2) is 9.84 Å². The topological polar surface area (TPSA) is 102 Å². The van der Waals surface area contributed by atoms with E-state index < -0.39 is 27.6 Å². The zero-order valence-corrected chi connectivity index (χ0v) is 14.2. The highest BCUT2D eigenvalue weighted by molar-refractivity contribution is 7.93. The largest absolute Gasteiger partial charge is 0.444 e. The number of nitrogens with one attached hydrogen (secondary N) is 2. The van der Waals surface area contributed by atoms with Gasteiger partial charge in [0.25, 0.3) is 0 Å². The molecule has 2 atom stereocenters. The minimum atomic E-state index is -3.31. The zero-order valence-electron chi connectivity index (χ0n) is 13.4. The second-order valence-corrected chi connectivity index (χ2v) is 8.35. The predicted molar refractivity (Wildman–Crippen MR) is 82.9 cm³/mol. The molecule has 22 heavy (non-hydrogen) atoms. The summed E-state index contributed by atoms with van der Waals surface area (Å²) in [7, 11) is -3.31. The molecule has 7 nitrogen and oxygen atoms in total. The lowest BCUT2D eigenvalue weighted by Crippen LogP contribution is -2.40. The Hall–Kier alpha value is -1.57. The molecule has 1 fully saturated rings. The second-order valence-electron chi connectivity index (χ2n) is 6.42. The van der Waals surface area contributed by atoms with E-state index in [1.165, 1.54) is 6.08 Å². The first-order valence-electron chi connectivity index (χ1n) is 7.12. The van der Waals surface area contributed by atoms with E-state index in [0.29, 0.717) is 19.4 Å². The van der Waals surface area contributed by atoms with Crippen LogP contribution in [0.4, 0.5) is 4.79 Å². The summed E-state index contributed by atoms with van der Waals surface area (Å²) >= 11 is 0. The Bertz CT molecular complexity index is 548. The number of rotatable bonds is 5. The molecular formula is C14H24N2O5S. The summed E-state index contributed by atoms with van der Waals surface area (Å²) in [5, 5.41) is 6.34. The van der Waals surface area contributed by atoms with Crippen LogP contribution < -0.4 is 10.6 Å². The lowest BCUT2D eigenvalue weighted by atomic mass is 9.98. The van der Waals surface area contributed by atoms with Gasteiger partial charge in [-0.3, -0.25) is 4.79 Å². The number of hydrogen-bond donors (Lipinski definition) is 2. The molecule has 1 rings (SSSR count). The van der Waals surface area contributed by atoms with Crippen molar-refractivity contribution in [3.8, 4) is 0 Å². The molecule has 126 valence electrons. The van der Waals surface area contributed by atoms with E-state index in [4.69, 9.17) is 4.74 Å². The lowest BCUT2D eigenvalue weighted by molar-refractivity contribution is -0.122. The quantitative estimate of drug-likeness (QED) is 0.781. The Balaban J connectivity index is 2.75. The monoisotopic (exact) mass is 332 g/mol. The molecular weight excluding hydrogens is 308 g/mol. The van der Waals surface area contributed by atoms with Crippen molar-refractivity contribution >= 4 is 21.8 Å². The maximum atomic E-state index is 11.8. The van der Waals surface area contributed by atoms with Crippen LogP contribution in [0.3, 0.4) is 0 Å². The normalized spacial score (nSPS) is 20.7. The van der Waals surface area contributed by atoms with Crippen molar-refractivity contribution in [2.24, 2.45) is 5.92 Å². The van der Waals surface area contributed by atoms with Crippen LogP contribution in [0.5, 0.6) is 0 Å². The molecule has 1 heterocycles. The van der Waals surface area contributed by atoms with Gasteiger partial charge in [-0.15, -0.1) is 0 Å². The van der Waals surface area contributed by atoms with Crippen molar-refractivity contribution in [1.82, 2.24) is 10.6 Å². The van der Waals surface area contributed by atoms with Crippen LogP contribution in [0.25, 0.3) is 0 Å². The van der Waals surface area contributed by atoms with Crippen LogP contribution in [-0.2, 0) is 19.4 Å². The first-order chi connectivity index (χ1) is 9.96. The van der Waals surface area contributed by atoms with Gasteiger partial charge in [-0.2, -0.15) is 0 Å². The molecule has 0 aromatic carbocycles. The maximum Gasteiger partial charge on any atom is 0.408 e. The Morgan fingerprint density at radius 2 is 2.14 bits per heavy atom. The summed E-state index contributed by atoms with van der Waals surface area (Å²) in [6, 6.07) is -0.585. The fourth-order valence-corrected chi connectivity index (χ4v) is 2.53. The molecule has 0 radical (unpaired) electrons. The Kier molecular flexibility index (Phi) is 5.99.